The SMILES string of the molecule is C=CC[C@@H]1O[C@H]2C=C[C@H]3O[C@H]4[C@H](OCc5ccc6ccccc6c5)[C@H]5O[C@@H](/C=C/[C@@H](COCc6ccc7ccccc7c6)OCc6ccc7ccccc7c6)C=CC[C@@H]5O[C@@H]4C[C@@H]3O[C@@H]2C=CC1=O. The highest BCUT2D eigenvalue weighted by atomic mass is 16.6. The Balaban J connectivity index is 0.835. The Kier molecular flexibility index (Phi) is 13.9. The highest BCUT2D eigenvalue weighted by Crippen LogP contribution is 2.41. The van der Waals surface area contributed by atoms with E-state index in [4.69, 9.17) is 37.9 Å². The lowest BCUT2D eigenvalue weighted by Gasteiger charge is -2.51. The molecule has 0 N–H and O–H groups in total. The second kappa shape index (κ2) is 21.0. The Morgan fingerprint density at radius 3 is 1.88 bits per heavy atom. The van der Waals surface area contributed by atoms with E-state index in [9.17, 15) is 4.79 Å². The third kappa shape index (κ3) is 10.5. The molecule has 9 heteroatoms. The molecule has 0 radical (unpaired) electrons. The van der Waals surface area contributed by atoms with Gasteiger partial charge in [-0.15, -0.1) is 6.58 Å². The second-order valence-corrected chi connectivity index (χ2v) is 18.7. The van der Waals surface area contributed by atoms with E-state index in [1.807, 2.05) is 18.2 Å². The maximum atomic E-state index is 12.8. The summed E-state index contributed by atoms with van der Waals surface area (Å²) in [5.41, 5.74) is 3.25. The highest BCUT2D eigenvalue weighted by molar-refractivity contribution is 5.94. The van der Waals surface area contributed by atoms with E-state index in [-0.39, 0.29) is 30.2 Å². The van der Waals surface area contributed by atoms with E-state index in [0.717, 1.165) is 22.1 Å². The van der Waals surface area contributed by atoms with E-state index < -0.39 is 48.8 Å². The van der Waals surface area contributed by atoms with Gasteiger partial charge in [0, 0.05) is 6.42 Å². The first kappa shape index (κ1) is 45.6. The molecule has 0 amide bonds. The van der Waals surface area contributed by atoms with Crippen molar-refractivity contribution in [3.8, 4) is 0 Å². The van der Waals surface area contributed by atoms with Gasteiger partial charge in [0.25, 0.3) is 0 Å². The first-order valence-electron chi connectivity index (χ1n) is 24.4. The summed E-state index contributed by atoms with van der Waals surface area (Å²) < 4.78 is 54.2. The van der Waals surface area contributed by atoms with E-state index in [1.165, 1.54) is 26.9 Å². The largest absolute Gasteiger partial charge is 0.374 e. The Morgan fingerprint density at radius 2 is 1.20 bits per heavy atom. The summed E-state index contributed by atoms with van der Waals surface area (Å²) in [7, 11) is 0. The quantitative estimate of drug-likeness (QED) is 0.0991. The van der Waals surface area contributed by atoms with E-state index >= 15 is 0 Å². The minimum absolute atomic E-state index is 0.0894. The van der Waals surface area contributed by atoms with Crippen molar-refractivity contribution >= 4 is 38.1 Å². The van der Waals surface area contributed by atoms with Gasteiger partial charge in [0.1, 0.15) is 42.7 Å². The Hall–Kier alpha value is -5.85. The number of hydrogen-bond acceptors (Lipinski definition) is 9. The number of rotatable bonds is 14. The van der Waals surface area contributed by atoms with E-state index in [1.54, 1.807) is 12.2 Å². The molecule has 5 heterocycles. The van der Waals surface area contributed by atoms with Crippen molar-refractivity contribution in [2.75, 3.05) is 6.61 Å². The Morgan fingerprint density at radius 1 is 0.594 bits per heavy atom. The van der Waals surface area contributed by atoms with E-state index in [0.29, 0.717) is 45.7 Å². The monoisotopic (exact) mass is 922 g/mol. The third-order valence-corrected chi connectivity index (χ3v) is 13.9. The normalized spacial score (nSPS) is 29.2. The zero-order valence-corrected chi connectivity index (χ0v) is 38.6. The zero-order chi connectivity index (χ0) is 46.5. The molecule has 0 unspecified atom stereocenters. The fraction of sp³-hybridized carbons (Fsp3) is 0.317. The lowest BCUT2D eigenvalue weighted by Crippen LogP contribution is -2.64. The molecular weight excluding hydrogens is 865 g/mol. The summed E-state index contributed by atoms with van der Waals surface area (Å²) in [6.45, 7) is 5.42. The van der Waals surface area contributed by atoms with Gasteiger partial charge in [-0.25, -0.2) is 0 Å². The summed E-state index contributed by atoms with van der Waals surface area (Å²) in [4.78, 5) is 12.8. The van der Waals surface area contributed by atoms with Crippen LogP contribution in [-0.2, 0) is 62.5 Å². The first-order chi connectivity index (χ1) is 34.0. The van der Waals surface area contributed by atoms with Crippen molar-refractivity contribution in [2.24, 2.45) is 0 Å². The van der Waals surface area contributed by atoms with Gasteiger partial charge in [-0.3, -0.25) is 4.79 Å². The summed E-state index contributed by atoms with van der Waals surface area (Å²) in [6, 6.07) is 44.4. The number of fused-ring (bicyclic) bond motifs is 7. The molecule has 0 saturated carbocycles. The standard InChI is InChI=1S/C60H58O9/c1-2-10-51-50(61)27-28-52-53(66-51)29-30-54-56(67-52)34-57-59(69-54)60(64-37-41-21-24-44-13-5-8-16-47(44)33-41)58-55(68-57)18-9-17-48(65-58)25-26-49(63-36-40-20-23-43-12-4-7-15-46(43)32-40)38-62-35-39-19-22-42-11-3-6-14-45(42)31-39/h2-9,11-17,19-33,48-49,51-60H,1,10,18,34-38H2/b26-25+/t48-,49+,51+,52-,53+,54-,55+,56+,57-,58+,59-,60-/m1/s1. The lowest BCUT2D eigenvalue weighted by atomic mass is 9.87. The first-order valence-corrected chi connectivity index (χ1v) is 24.4. The van der Waals surface area contributed by atoms with Crippen LogP contribution in [0, 0.1) is 0 Å². The Labute approximate surface area is 403 Å². The van der Waals surface area contributed by atoms with Gasteiger partial charge in [0.15, 0.2) is 5.78 Å². The van der Waals surface area contributed by atoms with Crippen LogP contribution in [0.25, 0.3) is 32.3 Å². The molecule has 5 aliphatic heterocycles. The predicted octanol–water partition coefficient (Wildman–Crippen LogP) is 10.8. The van der Waals surface area contributed by atoms with Gasteiger partial charge in [-0.1, -0.05) is 152 Å². The molecule has 11 rings (SSSR count). The molecule has 69 heavy (non-hydrogen) atoms. The lowest BCUT2D eigenvalue weighted by molar-refractivity contribution is -0.297. The van der Waals surface area contributed by atoms with Crippen molar-refractivity contribution in [3.63, 3.8) is 0 Å². The van der Waals surface area contributed by atoms with Crippen LogP contribution >= 0.6 is 0 Å². The average Bonchev–Trinajstić information content (AvgIpc) is 3.76. The van der Waals surface area contributed by atoms with Gasteiger partial charge in [-0.2, -0.15) is 0 Å². The summed E-state index contributed by atoms with van der Waals surface area (Å²) in [6.07, 6.45) is 14.0. The number of hydrogen-bond donors (Lipinski definition) is 0. The minimum Gasteiger partial charge on any atom is -0.374 e. The maximum Gasteiger partial charge on any atom is 0.184 e. The van der Waals surface area contributed by atoms with Crippen LogP contribution < -0.4 is 0 Å². The molecule has 2 fully saturated rings. The smallest absolute Gasteiger partial charge is 0.184 e. The molecule has 6 aromatic carbocycles. The topological polar surface area (TPSA) is 90.9 Å². The molecule has 9 nitrogen and oxygen atoms in total. The molecule has 12 atom stereocenters. The summed E-state index contributed by atoms with van der Waals surface area (Å²) in [5.74, 6) is -0.0894. The van der Waals surface area contributed by atoms with Gasteiger partial charge in [-0.05, 0) is 92.2 Å². The van der Waals surface area contributed by atoms with Crippen LogP contribution in [0.4, 0.5) is 0 Å². The number of carbonyl (C=O) groups excluding carboxylic acids is 1. The van der Waals surface area contributed by atoms with Crippen LogP contribution in [0.2, 0.25) is 0 Å². The molecule has 0 bridgehead atoms. The van der Waals surface area contributed by atoms with E-state index in [2.05, 4.69) is 158 Å². The second-order valence-electron chi connectivity index (χ2n) is 18.7. The molecule has 2 saturated heterocycles. The Bertz CT molecular complexity index is 2900. The van der Waals surface area contributed by atoms with Crippen LogP contribution in [0.5, 0.6) is 0 Å². The zero-order valence-electron chi connectivity index (χ0n) is 38.6. The average molecular weight is 923 g/mol. The maximum absolute atomic E-state index is 12.8. The molecule has 352 valence electrons. The summed E-state index contributed by atoms with van der Waals surface area (Å²) in [5, 5.41) is 7.09. The molecule has 5 aliphatic rings. The molecule has 0 spiro atoms. The predicted molar refractivity (Wildman–Crippen MR) is 268 cm³/mol. The van der Waals surface area contributed by atoms with Crippen molar-refractivity contribution in [1.82, 2.24) is 0 Å². The minimum atomic E-state index is -0.615. The highest BCUT2D eigenvalue weighted by Gasteiger charge is 2.54. The molecule has 6 aromatic rings. The fourth-order valence-electron chi connectivity index (χ4n) is 10.3. The molecular formula is C60H58O9. The number of ketones is 1. The third-order valence-electron chi connectivity index (χ3n) is 13.9. The molecule has 0 aliphatic carbocycles. The van der Waals surface area contributed by atoms with Gasteiger partial charge >= 0.3 is 0 Å². The number of benzene rings is 6. The summed E-state index contributed by atoms with van der Waals surface area (Å²) >= 11 is 0. The van der Waals surface area contributed by atoms with Crippen molar-refractivity contribution in [1.29, 1.82) is 0 Å². The van der Waals surface area contributed by atoms with Gasteiger partial charge in [0.05, 0.1) is 56.9 Å². The van der Waals surface area contributed by atoms with Gasteiger partial charge < -0.3 is 37.9 Å². The van der Waals surface area contributed by atoms with Crippen LogP contribution in [0.15, 0.2) is 189 Å². The van der Waals surface area contributed by atoms with Crippen LogP contribution in [0.3, 0.4) is 0 Å². The van der Waals surface area contributed by atoms with Crippen molar-refractivity contribution < 1.29 is 42.7 Å². The number of ether oxygens (including phenoxy) is 8. The van der Waals surface area contributed by atoms with Crippen molar-refractivity contribution in [2.45, 2.75) is 112 Å². The van der Waals surface area contributed by atoms with Gasteiger partial charge in [0.2, 0.25) is 0 Å². The fourth-order valence-corrected chi connectivity index (χ4v) is 10.3. The molecule has 0 aromatic heterocycles. The van der Waals surface area contributed by atoms with Crippen LogP contribution in [-0.4, -0.2) is 85.6 Å². The van der Waals surface area contributed by atoms with Crippen molar-refractivity contribution in [3.05, 3.63) is 205 Å². The van der Waals surface area contributed by atoms with Crippen LogP contribution in [0.1, 0.15) is 36.0 Å². The number of carbonyl (C=O) groups is 1.